The molecular weight excluding hydrogens is 412 g/mol. The maximum absolute atomic E-state index is 12.1. The van der Waals surface area contributed by atoms with Gasteiger partial charge in [-0.1, -0.05) is 6.07 Å². The summed E-state index contributed by atoms with van der Waals surface area (Å²) in [6.07, 6.45) is 0. The number of ether oxygens (including phenoxy) is 2. The Morgan fingerprint density at radius 2 is 1.81 bits per heavy atom. The molecule has 0 fully saturated rings. The Kier molecular flexibility index (Phi) is 7.58. The molecule has 9 heteroatoms. The molecule has 0 saturated carbocycles. The van der Waals surface area contributed by atoms with Crippen molar-refractivity contribution in [3.8, 4) is 22.8 Å². The average molecular weight is 436 g/mol. The number of hydrogen-bond donors (Lipinski definition) is 2. The minimum Gasteiger partial charge on any atom is -0.497 e. The molecule has 166 valence electrons. The van der Waals surface area contributed by atoms with Crippen molar-refractivity contribution in [3.63, 3.8) is 0 Å². The van der Waals surface area contributed by atoms with E-state index in [4.69, 9.17) is 9.47 Å². The van der Waals surface area contributed by atoms with Crippen LogP contribution in [0.2, 0.25) is 0 Å². The van der Waals surface area contributed by atoms with E-state index in [0.717, 1.165) is 11.3 Å². The lowest BCUT2D eigenvalue weighted by Gasteiger charge is -2.10. The second kappa shape index (κ2) is 10.8. The lowest BCUT2D eigenvalue weighted by atomic mass is 10.1. The van der Waals surface area contributed by atoms with Gasteiger partial charge in [0.15, 0.2) is 6.61 Å². The van der Waals surface area contributed by atoms with Gasteiger partial charge in [-0.25, -0.2) is 4.68 Å². The van der Waals surface area contributed by atoms with Gasteiger partial charge in [0, 0.05) is 36.9 Å². The summed E-state index contributed by atoms with van der Waals surface area (Å²) in [4.78, 5) is 35.3. The summed E-state index contributed by atoms with van der Waals surface area (Å²) in [7, 11) is 1.59. The Labute approximate surface area is 185 Å². The molecule has 0 aliphatic rings. The van der Waals surface area contributed by atoms with Gasteiger partial charge in [-0.15, -0.1) is 0 Å². The Morgan fingerprint density at radius 3 is 2.53 bits per heavy atom. The SMILES string of the molecule is COc1ccc(-c2ccc(=O)n(CCNC(=O)COc3cccc(NC(C)=O)c3)n2)cc1. The first kappa shape index (κ1) is 22.5. The first-order chi connectivity index (χ1) is 15.4. The minimum atomic E-state index is -0.339. The Hall–Kier alpha value is -4.14. The summed E-state index contributed by atoms with van der Waals surface area (Å²) in [6, 6.07) is 17.2. The molecule has 0 radical (unpaired) electrons. The van der Waals surface area contributed by atoms with Gasteiger partial charge in [-0.3, -0.25) is 14.4 Å². The molecule has 1 aromatic heterocycles. The summed E-state index contributed by atoms with van der Waals surface area (Å²) in [5.41, 5.74) is 1.81. The highest BCUT2D eigenvalue weighted by Crippen LogP contribution is 2.19. The van der Waals surface area contributed by atoms with Crippen LogP contribution in [0.1, 0.15) is 6.92 Å². The molecule has 3 rings (SSSR count). The van der Waals surface area contributed by atoms with Crippen LogP contribution in [0.15, 0.2) is 65.5 Å². The molecule has 0 unspecified atom stereocenters. The number of carbonyl (C=O) groups is 2. The zero-order valence-electron chi connectivity index (χ0n) is 17.8. The van der Waals surface area contributed by atoms with Crippen molar-refractivity contribution in [2.24, 2.45) is 0 Å². The summed E-state index contributed by atoms with van der Waals surface area (Å²) in [6.45, 7) is 1.64. The third-order valence-electron chi connectivity index (χ3n) is 4.42. The van der Waals surface area contributed by atoms with Crippen LogP contribution >= 0.6 is 0 Å². The summed E-state index contributed by atoms with van der Waals surface area (Å²) in [5.74, 6) is 0.652. The molecule has 2 aromatic carbocycles. The van der Waals surface area contributed by atoms with Crippen molar-refractivity contribution in [2.45, 2.75) is 13.5 Å². The van der Waals surface area contributed by atoms with Gasteiger partial charge in [-0.05, 0) is 42.5 Å². The molecule has 0 spiro atoms. The van der Waals surface area contributed by atoms with Crippen molar-refractivity contribution in [3.05, 3.63) is 71.0 Å². The molecule has 0 aliphatic carbocycles. The first-order valence-electron chi connectivity index (χ1n) is 9.94. The number of aromatic nitrogens is 2. The smallest absolute Gasteiger partial charge is 0.266 e. The molecule has 9 nitrogen and oxygen atoms in total. The van der Waals surface area contributed by atoms with Crippen LogP contribution < -0.4 is 25.7 Å². The summed E-state index contributed by atoms with van der Waals surface area (Å²) >= 11 is 0. The monoisotopic (exact) mass is 436 g/mol. The van der Waals surface area contributed by atoms with E-state index >= 15 is 0 Å². The van der Waals surface area contributed by atoms with Crippen molar-refractivity contribution in [1.82, 2.24) is 15.1 Å². The van der Waals surface area contributed by atoms with Crippen LogP contribution in [-0.4, -0.2) is 41.9 Å². The maximum Gasteiger partial charge on any atom is 0.266 e. The molecule has 32 heavy (non-hydrogen) atoms. The van der Waals surface area contributed by atoms with Gasteiger partial charge in [-0.2, -0.15) is 5.10 Å². The molecule has 0 saturated heterocycles. The predicted molar refractivity (Wildman–Crippen MR) is 120 cm³/mol. The Morgan fingerprint density at radius 1 is 1.03 bits per heavy atom. The highest BCUT2D eigenvalue weighted by Gasteiger charge is 2.07. The maximum atomic E-state index is 12.1. The largest absolute Gasteiger partial charge is 0.497 e. The number of methoxy groups -OCH3 is 1. The number of nitrogens with zero attached hydrogens (tertiary/aromatic N) is 2. The van der Waals surface area contributed by atoms with E-state index in [1.807, 2.05) is 24.3 Å². The van der Waals surface area contributed by atoms with E-state index in [9.17, 15) is 14.4 Å². The van der Waals surface area contributed by atoms with Crippen molar-refractivity contribution in [2.75, 3.05) is 25.6 Å². The van der Waals surface area contributed by atoms with Crippen molar-refractivity contribution in [1.29, 1.82) is 0 Å². The molecule has 2 amide bonds. The fraction of sp³-hybridized carbons (Fsp3) is 0.217. The summed E-state index contributed by atoms with van der Waals surface area (Å²) < 4.78 is 11.9. The average Bonchev–Trinajstić information content (AvgIpc) is 2.79. The quantitative estimate of drug-likeness (QED) is 0.531. The number of benzene rings is 2. The van der Waals surface area contributed by atoms with Gasteiger partial charge >= 0.3 is 0 Å². The molecule has 3 aromatic rings. The van der Waals surface area contributed by atoms with Gasteiger partial charge in [0.05, 0.1) is 19.3 Å². The number of hydrogen-bond acceptors (Lipinski definition) is 6. The molecule has 0 atom stereocenters. The second-order valence-electron chi connectivity index (χ2n) is 6.86. The lowest BCUT2D eigenvalue weighted by Crippen LogP contribution is -2.34. The zero-order valence-corrected chi connectivity index (χ0v) is 17.8. The third-order valence-corrected chi connectivity index (χ3v) is 4.42. The van der Waals surface area contributed by atoms with Crippen molar-refractivity contribution >= 4 is 17.5 Å². The lowest BCUT2D eigenvalue weighted by molar-refractivity contribution is -0.123. The van der Waals surface area contributed by atoms with Crippen LogP contribution in [0.25, 0.3) is 11.3 Å². The fourth-order valence-corrected chi connectivity index (χ4v) is 2.89. The van der Waals surface area contributed by atoms with E-state index in [1.54, 1.807) is 37.4 Å². The number of nitrogens with one attached hydrogen (secondary N) is 2. The Balaban J connectivity index is 1.52. The number of rotatable bonds is 9. The van der Waals surface area contributed by atoms with E-state index in [-0.39, 0.29) is 37.1 Å². The van der Waals surface area contributed by atoms with Gasteiger partial charge in [0.25, 0.3) is 11.5 Å². The summed E-state index contributed by atoms with van der Waals surface area (Å²) in [5, 5.41) is 9.72. The van der Waals surface area contributed by atoms with Crippen LogP contribution in [0.5, 0.6) is 11.5 Å². The number of carbonyl (C=O) groups excluding carboxylic acids is 2. The van der Waals surface area contributed by atoms with E-state index in [0.29, 0.717) is 17.1 Å². The third kappa shape index (κ3) is 6.43. The molecule has 2 N–H and O–H groups in total. The van der Waals surface area contributed by atoms with Crippen LogP contribution in [0.3, 0.4) is 0 Å². The molecular formula is C23H24N4O5. The number of amides is 2. The predicted octanol–water partition coefficient (Wildman–Crippen LogP) is 2.07. The van der Waals surface area contributed by atoms with Crippen LogP contribution in [0, 0.1) is 0 Å². The first-order valence-corrected chi connectivity index (χ1v) is 9.94. The van der Waals surface area contributed by atoms with Gasteiger partial charge < -0.3 is 20.1 Å². The number of anilines is 1. The van der Waals surface area contributed by atoms with Crippen molar-refractivity contribution < 1.29 is 19.1 Å². The van der Waals surface area contributed by atoms with Gasteiger partial charge in [0.1, 0.15) is 11.5 Å². The highest BCUT2D eigenvalue weighted by molar-refractivity contribution is 5.88. The normalized spacial score (nSPS) is 10.3. The van der Waals surface area contributed by atoms with E-state index in [2.05, 4.69) is 15.7 Å². The van der Waals surface area contributed by atoms with Crippen LogP contribution in [0.4, 0.5) is 5.69 Å². The molecule has 1 heterocycles. The second-order valence-corrected chi connectivity index (χ2v) is 6.86. The zero-order chi connectivity index (χ0) is 22.9. The van der Waals surface area contributed by atoms with E-state index < -0.39 is 0 Å². The van der Waals surface area contributed by atoms with Crippen LogP contribution in [-0.2, 0) is 16.1 Å². The standard InChI is InChI=1S/C23H24N4O5/c1-16(28)25-18-4-3-5-20(14-18)32-15-22(29)24-12-13-27-23(30)11-10-21(26-27)17-6-8-19(31-2)9-7-17/h3-11,14H,12-13,15H2,1-2H3,(H,24,29)(H,25,28). The molecule has 0 bridgehead atoms. The Bertz CT molecular complexity index is 1140. The topological polar surface area (TPSA) is 112 Å². The minimum absolute atomic E-state index is 0.195. The van der Waals surface area contributed by atoms with E-state index in [1.165, 1.54) is 17.7 Å². The highest BCUT2D eigenvalue weighted by atomic mass is 16.5. The molecule has 0 aliphatic heterocycles. The van der Waals surface area contributed by atoms with Gasteiger partial charge in [0.2, 0.25) is 5.91 Å². The fourth-order valence-electron chi connectivity index (χ4n) is 2.89.